The maximum atomic E-state index is 13.1. The van der Waals surface area contributed by atoms with E-state index in [-0.39, 0.29) is 0 Å². The smallest absolute Gasteiger partial charge is 0.284 e. The number of Topliss-reactive ketones (excluding diaryl/α,β-unsaturated/α-hetero) is 2. The van der Waals surface area contributed by atoms with Crippen LogP contribution in [0.25, 0.3) is 0 Å². The van der Waals surface area contributed by atoms with Crippen LogP contribution in [0.3, 0.4) is 0 Å². The molecule has 0 atom stereocenters. The molecule has 0 amide bonds. The molecule has 0 radical (unpaired) electrons. The highest BCUT2D eigenvalue weighted by Crippen LogP contribution is 2.45. The summed E-state index contributed by atoms with van der Waals surface area (Å²) in [5, 5.41) is 0. The van der Waals surface area contributed by atoms with Gasteiger partial charge in [0.25, 0.3) is 17.6 Å². The van der Waals surface area contributed by atoms with E-state index in [4.69, 9.17) is 0 Å². The summed E-state index contributed by atoms with van der Waals surface area (Å²) in [6, 6.07) is 0.628. The van der Waals surface area contributed by atoms with Crippen molar-refractivity contribution in [1.82, 2.24) is 0 Å². The van der Waals surface area contributed by atoms with Crippen LogP contribution in [0.15, 0.2) is 29.0 Å². The first kappa shape index (κ1) is 13.1. The van der Waals surface area contributed by atoms with Gasteiger partial charge in [-0.25, -0.2) is 0 Å². The summed E-state index contributed by atoms with van der Waals surface area (Å²) in [5.74, 6) is -14.1. The Bertz CT molecular complexity index is 520. The zero-order chi connectivity index (χ0) is 13.7. The third kappa shape index (κ3) is 1.58. The summed E-state index contributed by atoms with van der Waals surface area (Å²) >= 11 is 2.99. The Morgan fingerprint density at radius 2 is 1.61 bits per heavy atom. The molecule has 18 heavy (non-hydrogen) atoms. The zero-order valence-electron chi connectivity index (χ0n) is 8.54. The Morgan fingerprint density at radius 1 is 1.11 bits per heavy atom. The topological polar surface area (TPSA) is 38.0 Å². The number of hydrogen-bond acceptors (Lipinski definition) is 2. The first-order valence-corrected chi connectivity index (χ1v) is 5.49. The van der Waals surface area contributed by atoms with E-state index in [2.05, 4.69) is 15.9 Å². The highest BCUT2D eigenvalue weighted by atomic mass is 79.9. The fourth-order valence-corrected chi connectivity index (χ4v) is 2.06. The standard InChI is InChI=1S/C10H5BrF4NO2/c11-5-2-1-3-16(4-5)6-7(17)9(12,13)10(14,15)8(6)18/h1-4,6H/q+1. The molecule has 2 rings (SSSR count). The molecule has 0 unspecified atom stereocenters. The van der Waals surface area contributed by atoms with Crippen LogP contribution >= 0.6 is 15.9 Å². The molecule has 3 nitrogen and oxygen atoms in total. The molecule has 8 heteroatoms. The van der Waals surface area contributed by atoms with Crippen molar-refractivity contribution < 1.29 is 31.7 Å². The summed E-state index contributed by atoms with van der Waals surface area (Å²) in [5.41, 5.74) is 0. The number of carbonyl (C=O) groups is 2. The van der Waals surface area contributed by atoms with Gasteiger partial charge < -0.3 is 0 Å². The fraction of sp³-hybridized carbons (Fsp3) is 0.300. The molecule has 1 fully saturated rings. The van der Waals surface area contributed by atoms with Gasteiger partial charge in [0.05, 0.1) is 4.47 Å². The van der Waals surface area contributed by atoms with Gasteiger partial charge in [0.2, 0.25) is 0 Å². The predicted octanol–water partition coefficient (Wildman–Crippen LogP) is 1.70. The van der Waals surface area contributed by atoms with Crippen LogP contribution < -0.4 is 4.57 Å². The van der Waals surface area contributed by atoms with Crippen LogP contribution in [0, 0.1) is 0 Å². The lowest BCUT2D eigenvalue weighted by Crippen LogP contribution is -2.46. The zero-order valence-corrected chi connectivity index (χ0v) is 10.1. The lowest BCUT2D eigenvalue weighted by Gasteiger charge is -2.12. The Hall–Kier alpha value is -1.31. The summed E-state index contributed by atoms with van der Waals surface area (Å²) in [4.78, 5) is 22.6. The summed E-state index contributed by atoms with van der Waals surface area (Å²) in [6.45, 7) is 0. The van der Waals surface area contributed by atoms with Crippen molar-refractivity contribution in [2.75, 3.05) is 0 Å². The van der Waals surface area contributed by atoms with E-state index in [1.54, 1.807) is 0 Å². The van der Waals surface area contributed by atoms with E-state index in [0.29, 0.717) is 4.47 Å². The quantitative estimate of drug-likeness (QED) is 0.447. The van der Waals surface area contributed by atoms with Crippen molar-refractivity contribution in [3.8, 4) is 0 Å². The highest BCUT2D eigenvalue weighted by Gasteiger charge is 2.79. The number of carbonyl (C=O) groups excluding carboxylic acids is 2. The minimum atomic E-state index is -4.97. The van der Waals surface area contributed by atoms with E-state index < -0.39 is 29.5 Å². The van der Waals surface area contributed by atoms with Crippen molar-refractivity contribution in [2.45, 2.75) is 17.9 Å². The third-order valence-electron chi connectivity index (χ3n) is 2.59. The molecule has 0 spiro atoms. The monoisotopic (exact) mass is 326 g/mol. The number of alkyl halides is 4. The number of pyridine rings is 1. The molecule has 0 saturated heterocycles. The Kier molecular flexibility index (Phi) is 2.80. The van der Waals surface area contributed by atoms with Gasteiger partial charge in [-0.05, 0) is 22.0 Å². The second-order valence-corrected chi connectivity index (χ2v) is 4.66. The van der Waals surface area contributed by atoms with Gasteiger partial charge in [-0.1, -0.05) is 0 Å². The van der Waals surface area contributed by atoms with Gasteiger partial charge in [0.15, 0.2) is 12.4 Å². The number of hydrogen-bond donors (Lipinski definition) is 0. The number of aromatic nitrogens is 1. The van der Waals surface area contributed by atoms with Gasteiger partial charge in [0.1, 0.15) is 0 Å². The van der Waals surface area contributed by atoms with Crippen LogP contribution in [-0.4, -0.2) is 23.4 Å². The number of nitrogens with zero attached hydrogens (tertiary/aromatic N) is 1. The number of ketones is 2. The average Bonchev–Trinajstić information content (AvgIpc) is 2.38. The molecule has 1 heterocycles. The molecule has 0 bridgehead atoms. The molecule has 96 valence electrons. The highest BCUT2D eigenvalue weighted by molar-refractivity contribution is 9.10. The number of rotatable bonds is 1. The van der Waals surface area contributed by atoms with E-state index >= 15 is 0 Å². The normalized spacial score (nSPS) is 22.5. The molecule has 0 aliphatic heterocycles. The minimum Gasteiger partial charge on any atom is -0.284 e. The fourth-order valence-electron chi connectivity index (χ4n) is 1.67. The van der Waals surface area contributed by atoms with Gasteiger partial charge in [-0.3, -0.25) is 9.59 Å². The van der Waals surface area contributed by atoms with Gasteiger partial charge in [-0.2, -0.15) is 22.1 Å². The van der Waals surface area contributed by atoms with Crippen molar-refractivity contribution in [3.63, 3.8) is 0 Å². The second kappa shape index (κ2) is 3.84. The molecular weight excluding hydrogens is 322 g/mol. The Labute approximate surface area is 107 Å². The Morgan fingerprint density at radius 3 is 2.06 bits per heavy atom. The van der Waals surface area contributed by atoms with E-state index in [1.165, 1.54) is 12.1 Å². The first-order valence-electron chi connectivity index (χ1n) is 4.70. The predicted molar refractivity (Wildman–Crippen MR) is 53.3 cm³/mol. The van der Waals surface area contributed by atoms with Crippen molar-refractivity contribution in [1.29, 1.82) is 0 Å². The van der Waals surface area contributed by atoms with Crippen LogP contribution in [0.4, 0.5) is 17.6 Å². The van der Waals surface area contributed by atoms with Crippen molar-refractivity contribution in [2.24, 2.45) is 0 Å². The maximum Gasteiger partial charge on any atom is 0.382 e. The molecule has 1 aromatic heterocycles. The van der Waals surface area contributed by atoms with Crippen LogP contribution in [0.5, 0.6) is 0 Å². The van der Waals surface area contributed by atoms with E-state index in [9.17, 15) is 27.2 Å². The molecule has 0 N–H and O–H groups in total. The largest absolute Gasteiger partial charge is 0.382 e. The van der Waals surface area contributed by atoms with Crippen LogP contribution in [-0.2, 0) is 9.59 Å². The third-order valence-corrected chi connectivity index (χ3v) is 3.06. The van der Waals surface area contributed by atoms with Crippen molar-refractivity contribution in [3.05, 3.63) is 29.0 Å². The SMILES string of the molecule is O=C1C([n+]2cccc(Br)c2)C(=O)C(F)(F)C1(F)F. The van der Waals surface area contributed by atoms with E-state index in [0.717, 1.165) is 17.0 Å². The van der Waals surface area contributed by atoms with Crippen LogP contribution in [0.1, 0.15) is 6.04 Å². The second-order valence-electron chi connectivity index (χ2n) is 3.75. The summed E-state index contributed by atoms with van der Waals surface area (Å²) in [7, 11) is 0. The molecule has 1 aromatic rings. The summed E-state index contributed by atoms with van der Waals surface area (Å²) < 4.78 is 53.3. The Balaban J connectivity index is 2.55. The van der Waals surface area contributed by atoms with Gasteiger partial charge in [-0.15, -0.1) is 0 Å². The molecular formula is C10H5BrF4NO2+. The molecule has 0 aromatic carbocycles. The molecule has 1 aliphatic rings. The lowest BCUT2D eigenvalue weighted by molar-refractivity contribution is -0.696. The van der Waals surface area contributed by atoms with Crippen LogP contribution in [0.2, 0.25) is 0 Å². The average molecular weight is 327 g/mol. The maximum absolute atomic E-state index is 13.1. The van der Waals surface area contributed by atoms with E-state index in [1.807, 2.05) is 0 Å². The minimum absolute atomic E-state index is 0.365. The molecule has 1 saturated carbocycles. The first-order chi connectivity index (χ1) is 8.19. The molecule has 1 aliphatic carbocycles. The summed E-state index contributed by atoms with van der Waals surface area (Å²) in [6.07, 6.45) is 2.21. The van der Waals surface area contributed by atoms with Crippen molar-refractivity contribution >= 4 is 27.5 Å². The number of halogens is 5. The van der Waals surface area contributed by atoms with Gasteiger partial charge in [0, 0.05) is 6.07 Å². The lowest BCUT2D eigenvalue weighted by atomic mass is 10.2. The van der Waals surface area contributed by atoms with Gasteiger partial charge >= 0.3 is 11.8 Å².